The highest BCUT2D eigenvalue weighted by atomic mass is 35.5. The van der Waals surface area contributed by atoms with Crippen LogP contribution in [0.5, 0.6) is 11.5 Å². The fourth-order valence-corrected chi connectivity index (χ4v) is 3.12. The van der Waals surface area contributed by atoms with Gasteiger partial charge in [-0.1, -0.05) is 17.7 Å². The molecule has 3 aromatic carbocycles. The van der Waals surface area contributed by atoms with E-state index in [2.05, 4.69) is 4.99 Å². The van der Waals surface area contributed by atoms with Gasteiger partial charge in [-0.25, -0.2) is 19.0 Å². The van der Waals surface area contributed by atoms with Crippen LogP contribution in [0.2, 0.25) is 5.02 Å². The van der Waals surface area contributed by atoms with Crippen molar-refractivity contribution in [3.8, 4) is 11.5 Å². The van der Waals surface area contributed by atoms with Crippen LogP contribution in [0.4, 0.5) is 4.39 Å². The summed E-state index contributed by atoms with van der Waals surface area (Å²) in [6.07, 6.45) is 1.52. The van der Waals surface area contributed by atoms with Gasteiger partial charge in [0.1, 0.15) is 5.82 Å². The van der Waals surface area contributed by atoms with Crippen molar-refractivity contribution in [3.63, 3.8) is 0 Å². The molecular weight excluding hydrogens is 449 g/mol. The lowest BCUT2D eigenvalue weighted by molar-refractivity contribution is -0.129. The van der Waals surface area contributed by atoms with E-state index < -0.39 is 17.8 Å². The summed E-state index contributed by atoms with van der Waals surface area (Å²) in [5.74, 6) is -0.964. The van der Waals surface area contributed by atoms with Crippen LogP contribution in [0.15, 0.2) is 77.4 Å². The summed E-state index contributed by atoms with van der Waals surface area (Å²) in [7, 11) is 0. The Morgan fingerprint density at radius 1 is 1.06 bits per heavy atom. The monoisotopic (exact) mass is 465 g/mol. The first kappa shape index (κ1) is 22.2. The highest BCUT2D eigenvalue weighted by Gasteiger charge is 2.24. The highest BCUT2D eigenvalue weighted by molar-refractivity contribution is 6.30. The second-order valence-corrected chi connectivity index (χ2v) is 7.31. The summed E-state index contributed by atoms with van der Waals surface area (Å²) in [4.78, 5) is 28.9. The molecule has 0 aromatic heterocycles. The number of aliphatic imine (C=N–C) groups is 1. The molecule has 0 amide bonds. The Hall–Kier alpha value is -3.97. The van der Waals surface area contributed by atoms with Crippen LogP contribution in [0.25, 0.3) is 6.08 Å². The molecule has 0 aliphatic carbocycles. The van der Waals surface area contributed by atoms with Crippen LogP contribution in [0.1, 0.15) is 28.4 Å². The van der Waals surface area contributed by atoms with Crippen LogP contribution < -0.4 is 9.47 Å². The molecule has 4 rings (SSSR count). The first-order chi connectivity index (χ1) is 15.9. The Morgan fingerprint density at radius 2 is 1.79 bits per heavy atom. The van der Waals surface area contributed by atoms with Gasteiger partial charge < -0.3 is 14.2 Å². The van der Waals surface area contributed by atoms with Gasteiger partial charge in [0.25, 0.3) is 0 Å². The molecule has 166 valence electrons. The van der Waals surface area contributed by atoms with Gasteiger partial charge in [0.05, 0.1) is 12.2 Å². The minimum absolute atomic E-state index is 0.0719. The third-order valence-corrected chi connectivity index (χ3v) is 4.82. The molecule has 0 atom stereocenters. The van der Waals surface area contributed by atoms with Gasteiger partial charge in [0, 0.05) is 10.6 Å². The summed E-state index contributed by atoms with van der Waals surface area (Å²) in [6, 6.07) is 16.6. The van der Waals surface area contributed by atoms with Crippen LogP contribution >= 0.6 is 11.6 Å². The third kappa shape index (κ3) is 5.27. The second kappa shape index (κ2) is 9.67. The molecule has 33 heavy (non-hydrogen) atoms. The first-order valence-corrected chi connectivity index (χ1v) is 10.3. The number of rotatable bonds is 6. The standard InChI is InChI=1S/C25H17ClFNO5/c1-2-31-22-14-15(3-12-21(22)32-24(29)17-4-8-18(26)9-5-17)13-20-25(30)33-23(28-20)16-6-10-19(27)11-7-16/h3-14H,2H2,1H3. The Bertz CT molecular complexity index is 1270. The SMILES string of the molecule is CCOc1cc(C=C2N=C(c3ccc(F)cc3)OC2=O)ccc1OC(=O)c1ccc(Cl)cc1. The predicted molar refractivity (Wildman–Crippen MR) is 121 cm³/mol. The summed E-state index contributed by atoms with van der Waals surface area (Å²) in [5, 5.41) is 0.509. The topological polar surface area (TPSA) is 74.2 Å². The Kier molecular flexibility index (Phi) is 6.51. The molecule has 8 heteroatoms. The molecule has 0 saturated carbocycles. The van der Waals surface area contributed by atoms with Gasteiger partial charge in [-0.3, -0.25) is 0 Å². The van der Waals surface area contributed by atoms with Gasteiger partial charge >= 0.3 is 11.9 Å². The Labute approximate surface area is 193 Å². The highest BCUT2D eigenvalue weighted by Crippen LogP contribution is 2.31. The maximum Gasteiger partial charge on any atom is 0.363 e. The lowest BCUT2D eigenvalue weighted by Crippen LogP contribution is -2.09. The van der Waals surface area contributed by atoms with Crippen molar-refractivity contribution >= 4 is 35.5 Å². The van der Waals surface area contributed by atoms with Crippen molar-refractivity contribution < 1.29 is 28.2 Å². The molecule has 0 radical (unpaired) electrons. The zero-order valence-electron chi connectivity index (χ0n) is 17.4. The quantitative estimate of drug-likeness (QED) is 0.275. The second-order valence-electron chi connectivity index (χ2n) is 6.88. The third-order valence-electron chi connectivity index (χ3n) is 4.57. The van der Waals surface area contributed by atoms with Crippen molar-refractivity contribution in [2.24, 2.45) is 4.99 Å². The summed E-state index contributed by atoms with van der Waals surface area (Å²) >= 11 is 5.86. The smallest absolute Gasteiger partial charge is 0.363 e. The number of hydrogen-bond acceptors (Lipinski definition) is 6. The molecule has 0 unspecified atom stereocenters. The van der Waals surface area contributed by atoms with E-state index in [-0.39, 0.29) is 17.3 Å². The molecule has 1 heterocycles. The molecule has 0 fully saturated rings. The number of hydrogen-bond donors (Lipinski definition) is 0. The lowest BCUT2D eigenvalue weighted by Gasteiger charge is -2.11. The number of cyclic esters (lactones) is 1. The number of esters is 2. The van der Waals surface area contributed by atoms with Crippen LogP contribution in [0.3, 0.4) is 0 Å². The van der Waals surface area contributed by atoms with E-state index in [0.29, 0.717) is 34.1 Å². The molecule has 0 spiro atoms. The average molecular weight is 466 g/mol. The maximum absolute atomic E-state index is 13.1. The molecule has 3 aromatic rings. The van der Waals surface area contributed by atoms with Crippen molar-refractivity contribution in [3.05, 3.63) is 100.0 Å². The van der Waals surface area contributed by atoms with E-state index in [4.69, 9.17) is 25.8 Å². The zero-order valence-corrected chi connectivity index (χ0v) is 18.1. The van der Waals surface area contributed by atoms with E-state index >= 15 is 0 Å². The van der Waals surface area contributed by atoms with Gasteiger partial charge in [0.2, 0.25) is 5.90 Å². The number of halogens is 2. The van der Waals surface area contributed by atoms with E-state index in [9.17, 15) is 14.0 Å². The molecule has 1 aliphatic heterocycles. The number of benzene rings is 3. The molecular formula is C25H17ClFNO5. The summed E-state index contributed by atoms with van der Waals surface area (Å²) in [6.45, 7) is 2.13. The number of carbonyl (C=O) groups is 2. The number of nitrogens with zero attached hydrogens (tertiary/aromatic N) is 1. The van der Waals surface area contributed by atoms with Crippen molar-refractivity contribution in [1.82, 2.24) is 0 Å². The lowest BCUT2D eigenvalue weighted by atomic mass is 10.1. The van der Waals surface area contributed by atoms with Crippen molar-refractivity contribution in [2.75, 3.05) is 6.61 Å². The van der Waals surface area contributed by atoms with E-state index in [0.717, 1.165) is 0 Å². The van der Waals surface area contributed by atoms with E-state index in [1.165, 1.54) is 30.3 Å². The number of ether oxygens (including phenoxy) is 3. The maximum atomic E-state index is 13.1. The number of carbonyl (C=O) groups excluding carboxylic acids is 2. The fourth-order valence-electron chi connectivity index (χ4n) is 2.99. The fraction of sp³-hybridized carbons (Fsp3) is 0.0800. The van der Waals surface area contributed by atoms with Crippen molar-refractivity contribution in [2.45, 2.75) is 6.92 Å². The average Bonchev–Trinajstić information content (AvgIpc) is 3.16. The molecule has 0 bridgehead atoms. The van der Waals surface area contributed by atoms with Crippen LogP contribution in [0, 0.1) is 5.82 Å². The first-order valence-electron chi connectivity index (χ1n) is 9.96. The summed E-state index contributed by atoms with van der Waals surface area (Å²) in [5.41, 5.74) is 1.47. The van der Waals surface area contributed by atoms with Gasteiger partial charge in [-0.2, -0.15) is 0 Å². The molecule has 0 N–H and O–H groups in total. The Morgan fingerprint density at radius 3 is 2.48 bits per heavy atom. The largest absolute Gasteiger partial charge is 0.490 e. The van der Waals surface area contributed by atoms with Gasteiger partial charge in [-0.15, -0.1) is 0 Å². The van der Waals surface area contributed by atoms with Crippen LogP contribution in [-0.2, 0) is 9.53 Å². The predicted octanol–water partition coefficient (Wildman–Crippen LogP) is 5.44. The Balaban J connectivity index is 1.58. The summed E-state index contributed by atoms with van der Waals surface area (Å²) < 4.78 is 29.4. The minimum Gasteiger partial charge on any atom is -0.490 e. The normalized spacial score (nSPS) is 14.1. The van der Waals surface area contributed by atoms with E-state index in [1.54, 1.807) is 49.4 Å². The van der Waals surface area contributed by atoms with Crippen molar-refractivity contribution in [1.29, 1.82) is 0 Å². The van der Waals surface area contributed by atoms with E-state index in [1.807, 2.05) is 0 Å². The van der Waals surface area contributed by atoms with Gasteiger partial charge in [-0.05, 0) is 79.2 Å². The molecule has 0 saturated heterocycles. The molecule has 6 nitrogen and oxygen atoms in total. The van der Waals surface area contributed by atoms with Crippen LogP contribution in [-0.4, -0.2) is 24.4 Å². The molecule has 1 aliphatic rings. The minimum atomic E-state index is -0.634. The zero-order chi connectivity index (χ0) is 23.4. The van der Waals surface area contributed by atoms with Gasteiger partial charge in [0.15, 0.2) is 17.2 Å².